The van der Waals surface area contributed by atoms with Crippen molar-refractivity contribution in [3.63, 3.8) is 0 Å². The lowest BCUT2D eigenvalue weighted by atomic mass is 9.98. The van der Waals surface area contributed by atoms with Crippen LogP contribution in [0.25, 0.3) is 0 Å². The highest BCUT2D eigenvalue weighted by molar-refractivity contribution is 5.97. The Bertz CT molecular complexity index is 358. The summed E-state index contributed by atoms with van der Waals surface area (Å²) in [4.78, 5) is 12.0. The lowest BCUT2D eigenvalue weighted by Gasteiger charge is -2.05. The van der Waals surface area contributed by atoms with Gasteiger partial charge in [-0.2, -0.15) is 5.10 Å². The summed E-state index contributed by atoms with van der Waals surface area (Å²) in [6, 6.07) is 0.208. The van der Waals surface area contributed by atoms with E-state index in [1.807, 2.05) is 13.1 Å². The summed E-state index contributed by atoms with van der Waals surface area (Å²) < 4.78 is 1.78. The van der Waals surface area contributed by atoms with Crippen LogP contribution in [-0.4, -0.2) is 21.6 Å². The molecule has 2 N–H and O–H groups in total. The van der Waals surface area contributed by atoms with Gasteiger partial charge < -0.3 is 5.73 Å². The van der Waals surface area contributed by atoms with E-state index < -0.39 is 0 Å². The summed E-state index contributed by atoms with van der Waals surface area (Å²) in [5, 5.41) is 4.11. The van der Waals surface area contributed by atoms with Crippen LogP contribution in [0.5, 0.6) is 0 Å². The standard InChI is InChI=1S/C11H17N3O/c1-2-14-7-9(6-13-14)11(15)8-3-4-10(12)5-8/h6-8,10H,2-5,12H2,1H3. The zero-order valence-corrected chi connectivity index (χ0v) is 9.02. The van der Waals surface area contributed by atoms with Crippen molar-refractivity contribution < 1.29 is 4.79 Å². The number of carbonyl (C=O) groups excluding carboxylic acids is 1. The molecule has 4 nitrogen and oxygen atoms in total. The highest BCUT2D eigenvalue weighted by atomic mass is 16.1. The summed E-state index contributed by atoms with van der Waals surface area (Å²) in [6.45, 7) is 2.81. The zero-order chi connectivity index (χ0) is 10.8. The lowest BCUT2D eigenvalue weighted by molar-refractivity contribution is 0.0922. The van der Waals surface area contributed by atoms with Gasteiger partial charge in [0.1, 0.15) is 0 Å². The summed E-state index contributed by atoms with van der Waals surface area (Å²) in [5.41, 5.74) is 6.53. The number of nitrogens with two attached hydrogens (primary N) is 1. The third-order valence-corrected chi connectivity index (χ3v) is 3.09. The van der Waals surface area contributed by atoms with E-state index in [1.165, 1.54) is 0 Å². The molecule has 0 saturated heterocycles. The minimum Gasteiger partial charge on any atom is -0.328 e. The third-order valence-electron chi connectivity index (χ3n) is 3.09. The van der Waals surface area contributed by atoms with Crippen molar-refractivity contribution in [3.8, 4) is 0 Å². The van der Waals surface area contributed by atoms with Crippen molar-refractivity contribution in [2.75, 3.05) is 0 Å². The van der Waals surface area contributed by atoms with Gasteiger partial charge in [-0.05, 0) is 26.2 Å². The molecular weight excluding hydrogens is 190 g/mol. The molecule has 0 amide bonds. The molecule has 0 radical (unpaired) electrons. The van der Waals surface area contributed by atoms with Crippen LogP contribution in [-0.2, 0) is 6.54 Å². The molecule has 1 fully saturated rings. The SMILES string of the molecule is CCn1cc(C(=O)C2CCC(N)C2)cn1. The zero-order valence-electron chi connectivity index (χ0n) is 9.02. The number of hydrogen-bond acceptors (Lipinski definition) is 3. The molecule has 0 spiro atoms. The molecule has 82 valence electrons. The number of aryl methyl sites for hydroxylation is 1. The Morgan fingerprint density at radius 3 is 3.00 bits per heavy atom. The van der Waals surface area contributed by atoms with Crippen LogP contribution >= 0.6 is 0 Å². The normalized spacial score (nSPS) is 25.7. The Kier molecular flexibility index (Phi) is 2.86. The van der Waals surface area contributed by atoms with E-state index in [-0.39, 0.29) is 17.7 Å². The average molecular weight is 207 g/mol. The molecule has 0 bridgehead atoms. The van der Waals surface area contributed by atoms with Gasteiger partial charge in [0.2, 0.25) is 0 Å². The Hall–Kier alpha value is -1.16. The topological polar surface area (TPSA) is 60.9 Å². The monoisotopic (exact) mass is 207 g/mol. The highest BCUT2D eigenvalue weighted by Gasteiger charge is 2.28. The van der Waals surface area contributed by atoms with Crippen molar-refractivity contribution in [1.82, 2.24) is 9.78 Å². The van der Waals surface area contributed by atoms with Crippen LogP contribution < -0.4 is 5.73 Å². The fourth-order valence-corrected chi connectivity index (χ4v) is 2.15. The number of Topliss-reactive ketones (excluding diaryl/α,β-unsaturated/α-hetero) is 1. The van der Waals surface area contributed by atoms with Crippen LogP contribution in [0.3, 0.4) is 0 Å². The molecule has 1 aromatic rings. The number of carbonyl (C=O) groups is 1. The minimum atomic E-state index is 0.120. The van der Waals surface area contributed by atoms with Crippen LogP contribution in [0.15, 0.2) is 12.4 Å². The van der Waals surface area contributed by atoms with Gasteiger partial charge in [0, 0.05) is 24.7 Å². The van der Waals surface area contributed by atoms with Gasteiger partial charge in [0.15, 0.2) is 5.78 Å². The lowest BCUT2D eigenvalue weighted by Crippen LogP contribution is -2.17. The van der Waals surface area contributed by atoms with Crippen LogP contribution in [0.4, 0.5) is 0 Å². The largest absolute Gasteiger partial charge is 0.328 e. The molecule has 2 unspecified atom stereocenters. The summed E-state index contributed by atoms with van der Waals surface area (Å²) in [7, 11) is 0. The average Bonchev–Trinajstić information content (AvgIpc) is 2.84. The maximum Gasteiger partial charge on any atom is 0.169 e. The van der Waals surface area contributed by atoms with E-state index in [1.54, 1.807) is 10.9 Å². The number of nitrogens with zero attached hydrogens (tertiary/aromatic N) is 2. The Labute approximate surface area is 89.5 Å². The first-order chi connectivity index (χ1) is 7.20. The first-order valence-electron chi connectivity index (χ1n) is 5.53. The quantitative estimate of drug-likeness (QED) is 0.758. The molecule has 1 aliphatic carbocycles. The Morgan fingerprint density at radius 2 is 2.47 bits per heavy atom. The molecule has 15 heavy (non-hydrogen) atoms. The Morgan fingerprint density at radius 1 is 1.67 bits per heavy atom. The van der Waals surface area contributed by atoms with E-state index in [9.17, 15) is 4.79 Å². The maximum absolute atomic E-state index is 12.0. The number of rotatable bonds is 3. The number of ketones is 1. The molecule has 1 heterocycles. The van der Waals surface area contributed by atoms with Crippen molar-refractivity contribution in [3.05, 3.63) is 18.0 Å². The molecule has 2 atom stereocenters. The molecule has 1 saturated carbocycles. The van der Waals surface area contributed by atoms with E-state index in [2.05, 4.69) is 5.10 Å². The minimum absolute atomic E-state index is 0.120. The van der Waals surface area contributed by atoms with Gasteiger partial charge in [0.05, 0.1) is 11.8 Å². The van der Waals surface area contributed by atoms with Crippen molar-refractivity contribution in [2.24, 2.45) is 11.7 Å². The predicted molar refractivity (Wildman–Crippen MR) is 57.5 cm³/mol. The number of hydrogen-bond donors (Lipinski definition) is 1. The van der Waals surface area contributed by atoms with Gasteiger partial charge in [-0.15, -0.1) is 0 Å². The fraction of sp³-hybridized carbons (Fsp3) is 0.636. The summed E-state index contributed by atoms with van der Waals surface area (Å²) in [5.74, 6) is 0.331. The van der Waals surface area contributed by atoms with Crippen LogP contribution in [0, 0.1) is 5.92 Å². The van der Waals surface area contributed by atoms with Gasteiger partial charge in [-0.1, -0.05) is 0 Å². The van der Waals surface area contributed by atoms with E-state index in [0.717, 1.165) is 31.4 Å². The van der Waals surface area contributed by atoms with Crippen molar-refractivity contribution >= 4 is 5.78 Å². The highest BCUT2D eigenvalue weighted by Crippen LogP contribution is 2.27. The van der Waals surface area contributed by atoms with Gasteiger partial charge in [-0.3, -0.25) is 9.48 Å². The van der Waals surface area contributed by atoms with Gasteiger partial charge >= 0.3 is 0 Å². The van der Waals surface area contributed by atoms with Crippen LogP contribution in [0.2, 0.25) is 0 Å². The number of aromatic nitrogens is 2. The van der Waals surface area contributed by atoms with Crippen LogP contribution in [0.1, 0.15) is 36.5 Å². The van der Waals surface area contributed by atoms with E-state index >= 15 is 0 Å². The first kappa shape index (κ1) is 10.4. The van der Waals surface area contributed by atoms with Gasteiger partial charge in [0.25, 0.3) is 0 Å². The second-order valence-electron chi connectivity index (χ2n) is 4.22. The van der Waals surface area contributed by atoms with Gasteiger partial charge in [-0.25, -0.2) is 0 Å². The molecule has 2 rings (SSSR count). The molecular formula is C11H17N3O. The summed E-state index contributed by atoms with van der Waals surface area (Å²) >= 11 is 0. The van der Waals surface area contributed by atoms with E-state index in [4.69, 9.17) is 5.73 Å². The predicted octanol–water partition coefficient (Wildman–Crippen LogP) is 1.21. The van der Waals surface area contributed by atoms with E-state index in [0.29, 0.717) is 0 Å². The fourth-order valence-electron chi connectivity index (χ4n) is 2.15. The van der Waals surface area contributed by atoms with Crippen molar-refractivity contribution in [1.29, 1.82) is 0 Å². The smallest absolute Gasteiger partial charge is 0.169 e. The molecule has 1 aromatic heterocycles. The molecule has 4 heteroatoms. The Balaban J connectivity index is 2.07. The molecule has 0 aliphatic heterocycles. The molecule has 1 aliphatic rings. The second-order valence-corrected chi connectivity index (χ2v) is 4.22. The third kappa shape index (κ3) is 2.09. The maximum atomic E-state index is 12.0. The molecule has 0 aromatic carbocycles. The summed E-state index contributed by atoms with van der Waals surface area (Å²) in [6.07, 6.45) is 6.22. The first-order valence-corrected chi connectivity index (χ1v) is 5.53. The van der Waals surface area contributed by atoms with Crippen molar-refractivity contribution in [2.45, 2.75) is 38.8 Å². The second kappa shape index (κ2) is 4.14.